The van der Waals surface area contributed by atoms with E-state index in [1.54, 1.807) is 38.4 Å². The van der Waals surface area contributed by atoms with Gasteiger partial charge < -0.3 is 19.9 Å². The van der Waals surface area contributed by atoms with Crippen molar-refractivity contribution in [2.45, 2.75) is 11.8 Å². The van der Waals surface area contributed by atoms with Gasteiger partial charge in [0.05, 0.1) is 13.7 Å². The van der Waals surface area contributed by atoms with E-state index in [1.165, 1.54) is 11.8 Å². The number of rotatable bonds is 6. The number of nitrogens with one attached hydrogen (secondary N) is 1. The van der Waals surface area contributed by atoms with Gasteiger partial charge in [0, 0.05) is 13.1 Å². The summed E-state index contributed by atoms with van der Waals surface area (Å²) >= 11 is 1.43. The van der Waals surface area contributed by atoms with Crippen LogP contribution in [0.4, 0.5) is 5.82 Å². The summed E-state index contributed by atoms with van der Waals surface area (Å²) in [5, 5.41) is 12.7. The van der Waals surface area contributed by atoms with Gasteiger partial charge in [0.25, 0.3) is 0 Å². The lowest BCUT2D eigenvalue weighted by molar-refractivity contribution is 0.280. The van der Waals surface area contributed by atoms with Crippen LogP contribution in [0.5, 0.6) is 17.4 Å². The maximum atomic E-state index is 9.15. The second kappa shape index (κ2) is 7.14. The van der Waals surface area contributed by atoms with E-state index in [1.807, 2.05) is 6.26 Å². The van der Waals surface area contributed by atoms with Crippen molar-refractivity contribution < 1.29 is 14.6 Å². The summed E-state index contributed by atoms with van der Waals surface area (Å²) in [4.78, 5) is 8.58. The molecule has 1 aromatic heterocycles. The minimum atomic E-state index is -0.0509. The average molecular weight is 307 g/mol. The molecule has 7 heteroatoms. The van der Waals surface area contributed by atoms with Gasteiger partial charge in [-0.1, -0.05) is 17.8 Å². The van der Waals surface area contributed by atoms with Crippen LogP contribution in [0.3, 0.4) is 0 Å². The van der Waals surface area contributed by atoms with Crippen molar-refractivity contribution in [3.63, 3.8) is 0 Å². The van der Waals surface area contributed by atoms with Gasteiger partial charge in [-0.05, 0) is 24.0 Å². The minimum absolute atomic E-state index is 0.0509. The summed E-state index contributed by atoms with van der Waals surface area (Å²) in [6.45, 7) is -0.0509. The Morgan fingerprint density at radius 2 is 2.05 bits per heavy atom. The molecule has 112 valence electrons. The number of aromatic nitrogens is 2. The van der Waals surface area contributed by atoms with E-state index >= 15 is 0 Å². The first-order valence-electron chi connectivity index (χ1n) is 6.26. The van der Waals surface area contributed by atoms with E-state index < -0.39 is 0 Å². The molecule has 1 aromatic carbocycles. The number of ether oxygens (including phenoxy) is 2. The number of anilines is 1. The molecule has 0 amide bonds. The van der Waals surface area contributed by atoms with Crippen LogP contribution < -0.4 is 14.8 Å². The summed E-state index contributed by atoms with van der Waals surface area (Å²) in [5.74, 6) is 2.17. The molecule has 0 aliphatic rings. The van der Waals surface area contributed by atoms with Gasteiger partial charge in [-0.2, -0.15) is 4.98 Å². The fraction of sp³-hybridized carbons (Fsp3) is 0.286. The average Bonchev–Trinajstić information content (AvgIpc) is 2.54. The molecule has 0 atom stereocenters. The zero-order valence-electron chi connectivity index (χ0n) is 12.1. The Balaban J connectivity index is 2.33. The highest BCUT2D eigenvalue weighted by molar-refractivity contribution is 7.98. The fourth-order valence-electron chi connectivity index (χ4n) is 1.68. The molecule has 0 fully saturated rings. The van der Waals surface area contributed by atoms with Crippen molar-refractivity contribution in [2.75, 3.05) is 25.7 Å². The maximum absolute atomic E-state index is 9.15. The number of benzene rings is 1. The highest BCUT2D eigenvalue weighted by Crippen LogP contribution is 2.32. The van der Waals surface area contributed by atoms with Crippen LogP contribution in [0.1, 0.15) is 5.56 Å². The monoisotopic (exact) mass is 307 g/mol. The molecule has 0 aliphatic carbocycles. The van der Waals surface area contributed by atoms with Gasteiger partial charge in [0.15, 0.2) is 16.7 Å². The van der Waals surface area contributed by atoms with Crippen LogP contribution >= 0.6 is 11.8 Å². The predicted molar refractivity (Wildman–Crippen MR) is 82.4 cm³/mol. The summed E-state index contributed by atoms with van der Waals surface area (Å²) in [7, 11) is 3.34. The molecule has 0 unspecified atom stereocenters. The Morgan fingerprint density at radius 3 is 2.67 bits per heavy atom. The second-order valence-electron chi connectivity index (χ2n) is 4.07. The molecule has 0 saturated heterocycles. The third kappa shape index (κ3) is 3.77. The number of nitrogens with zero attached hydrogens (tertiary/aromatic N) is 2. The lowest BCUT2D eigenvalue weighted by Crippen LogP contribution is -1.99. The van der Waals surface area contributed by atoms with Gasteiger partial charge in [-0.3, -0.25) is 0 Å². The van der Waals surface area contributed by atoms with E-state index in [9.17, 15) is 0 Å². The molecule has 1 heterocycles. The molecule has 0 aliphatic heterocycles. The van der Waals surface area contributed by atoms with Crippen LogP contribution in [0.15, 0.2) is 29.4 Å². The van der Waals surface area contributed by atoms with Crippen molar-refractivity contribution in [3.05, 3.63) is 29.8 Å². The molecule has 2 rings (SSSR count). The molecule has 2 N–H and O–H groups in total. The van der Waals surface area contributed by atoms with Gasteiger partial charge in [-0.15, -0.1) is 0 Å². The predicted octanol–water partition coefficient (Wildman–Crippen LogP) is 2.53. The van der Waals surface area contributed by atoms with E-state index in [4.69, 9.17) is 14.6 Å². The SMILES string of the molecule is CNc1cc(Oc2ccc(CO)cc2OC)nc(SC)n1. The Labute approximate surface area is 127 Å². The molecule has 21 heavy (non-hydrogen) atoms. The summed E-state index contributed by atoms with van der Waals surface area (Å²) in [5.41, 5.74) is 0.752. The quantitative estimate of drug-likeness (QED) is 0.627. The Bertz CT molecular complexity index is 600. The summed E-state index contributed by atoms with van der Waals surface area (Å²) in [6.07, 6.45) is 1.90. The molecule has 0 radical (unpaired) electrons. The Morgan fingerprint density at radius 1 is 1.24 bits per heavy atom. The fourth-order valence-corrected chi connectivity index (χ4v) is 2.05. The molecule has 0 bridgehead atoms. The van der Waals surface area contributed by atoms with Crippen LogP contribution in [-0.2, 0) is 6.61 Å². The highest BCUT2D eigenvalue weighted by atomic mass is 32.2. The van der Waals surface area contributed by atoms with Crippen LogP contribution in [0.25, 0.3) is 0 Å². The second-order valence-corrected chi connectivity index (χ2v) is 4.85. The van der Waals surface area contributed by atoms with Crippen LogP contribution in [0, 0.1) is 0 Å². The molecule has 0 saturated carbocycles. The van der Waals surface area contributed by atoms with Crippen molar-refractivity contribution in [3.8, 4) is 17.4 Å². The first kappa shape index (κ1) is 15.4. The molecule has 2 aromatic rings. The number of hydrogen-bond donors (Lipinski definition) is 2. The normalized spacial score (nSPS) is 10.3. The zero-order chi connectivity index (χ0) is 15.2. The van der Waals surface area contributed by atoms with E-state index in [0.29, 0.717) is 28.4 Å². The van der Waals surface area contributed by atoms with Crippen molar-refractivity contribution >= 4 is 17.6 Å². The third-order valence-corrected chi connectivity index (χ3v) is 3.29. The zero-order valence-corrected chi connectivity index (χ0v) is 12.9. The molecular formula is C14H17N3O3S. The number of thioether (sulfide) groups is 1. The molecule has 0 spiro atoms. The van der Waals surface area contributed by atoms with Crippen LogP contribution in [-0.4, -0.2) is 35.5 Å². The number of hydrogen-bond acceptors (Lipinski definition) is 7. The molecule has 6 nitrogen and oxygen atoms in total. The van der Waals surface area contributed by atoms with Crippen LogP contribution in [0.2, 0.25) is 0 Å². The van der Waals surface area contributed by atoms with Gasteiger partial charge in [0.1, 0.15) is 5.82 Å². The van der Waals surface area contributed by atoms with Gasteiger partial charge in [-0.25, -0.2) is 4.98 Å². The maximum Gasteiger partial charge on any atom is 0.225 e. The Hall–Kier alpha value is -1.99. The van der Waals surface area contributed by atoms with Crippen molar-refractivity contribution in [1.82, 2.24) is 9.97 Å². The first-order valence-corrected chi connectivity index (χ1v) is 7.49. The molecular weight excluding hydrogens is 290 g/mol. The number of aliphatic hydroxyl groups excluding tert-OH is 1. The van der Waals surface area contributed by atoms with Crippen molar-refractivity contribution in [1.29, 1.82) is 0 Å². The lowest BCUT2D eigenvalue weighted by Gasteiger charge is -2.12. The van der Waals surface area contributed by atoms with E-state index in [0.717, 1.165) is 5.56 Å². The summed E-state index contributed by atoms with van der Waals surface area (Å²) < 4.78 is 11.0. The lowest BCUT2D eigenvalue weighted by atomic mass is 10.2. The summed E-state index contributed by atoms with van der Waals surface area (Å²) in [6, 6.07) is 6.95. The topological polar surface area (TPSA) is 76.5 Å². The Kier molecular flexibility index (Phi) is 5.24. The largest absolute Gasteiger partial charge is 0.493 e. The third-order valence-electron chi connectivity index (χ3n) is 2.75. The smallest absolute Gasteiger partial charge is 0.225 e. The first-order chi connectivity index (χ1) is 10.2. The number of methoxy groups -OCH3 is 1. The number of aliphatic hydroxyl groups is 1. The van der Waals surface area contributed by atoms with Gasteiger partial charge >= 0.3 is 0 Å². The van der Waals surface area contributed by atoms with Gasteiger partial charge in [0.2, 0.25) is 5.88 Å². The van der Waals surface area contributed by atoms with E-state index in [-0.39, 0.29) is 6.61 Å². The minimum Gasteiger partial charge on any atom is -0.493 e. The highest BCUT2D eigenvalue weighted by Gasteiger charge is 2.10. The standard InChI is InChI=1S/C14H17N3O3S/c1-15-12-7-13(17-14(16-12)21-3)20-10-5-4-9(8-18)6-11(10)19-2/h4-7,18H,8H2,1-3H3,(H,15,16,17). The van der Waals surface area contributed by atoms with Crippen molar-refractivity contribution in [2.24, 2.45) is 0 Å². The van der Waals surface area contributed by atoms with E-state index in [2.05, 4.69) is 15.3 Å².